The molecule has 29 heavy (non-hydrogen) atoms. The number of carboxylic acids is 1. The molecule has 4 N–H and O–H groups in total. The van der Waals surface area contributed by atoms with Crippen LogP contribution in [0.5, 0.6) is 5.75 Å². The lowest BCUT2D eigenvalue weighted by Crippen LogP contribution is -2.22. The van der Waals surface area contributed by atoms with E-state index in [4.69, 9.17) is 9.84 Å². The van der Waals surface area contributed by atoms with E-state index in [1.54, 1.807) is 12.2 Å². The van der Waals surface area contributed by atoms with Gasteiger partial charge in [-0.25, -0.2) is 0 Å². The number of rotatable bonds is 12. The standard InChI is InChI=1S/C23H34O6/c1-16(6-5-9-23(27)28)10-12-19-20(22(26)14-21(19)25)13-11-17(24)15-29-18-7-3-2-4-8-18/h2-4,7-8,11,13,16-17,19-22,24-26H,5-6,9-10,12,14-15H2,1H3,(H,27,28)/b13-11+/t16-,17+,19+,20+,21-,22+/m0/s1. The smallest absolute Gasteiger partial charge is 0.303 e. The minimum atomic E-state index is -0.796. The average Bonchev–Trinajstić information content (AvgIpc) is 2.96. The molecule has 1 aliphatic carbocycles. The van der Waals surface area contributed by atoms with Crippen LogP contribution in [-0.4, -0.2) is 51.3 Å². The van der Waals surface area contributed by atoms with E-state index in [0.717, 1.165) is 19.3 Å². The normalized spacial score (nSPS) is 26.5. The number of carbonyl (C=O) groups is 1. The Morgan fingerprint density at radius 1 is 1.21 bits per heavy atom. The summed E-state index contributed by atoms with van der Waals surface area (Å²) in [4.78, 5) is 10.6. The van der Waals surface area contributed by atoms with Gasteiger partial charge in [0.1, 0.15) is 18.5 Å². The molecular weight excluding hydrogens is 372 g/mol. The van der Waals surface area contributed by atoms with Gasteiger partial charge in [0.15, 0.2) is 0 Å². The van der Waals surface area contributed by atoms with Gasteiger partial charge in [-0.05, 0) is 36.8 Å². The number of hydrogen-bond donors (Lipinski definition) is 4. The van der Waals surface area contributed by atoms with Gasteiger partial charge in [-0.1, -0.05) is 50.1 Å². The summed E-state index contributed by atoms with van der Waals surface area (Å²) < 4.78 is 5.54. The highest BCUT2D eigenvalue weighted by Gasteiger charge is 2.39. The van der Waals surface area contributed by atoms with Crippen molar-refractivity contribution in [2.45, 2.75) is 63.8 Å². The Morgan fingerprint density at radius 2 is 1.93 bits per heavy atom. The molecule has 1 saturated carbocycles. The Hall–Kier alpha value is -1.89. The molecule has 162 valence electrons. The predicted octanol–water partition coefficient (Wildman–Crippen LogP) is 3.01. The summed E-state index contributed by atoms with van der Waals surface area (Å²) in [6.45, 7) is 2.21. The molecule has 0 heterocycles. The Bertz CT molecular complexity index is 632. The number of aliphatic hydroxyl groups is 3. The Kier molecular flexibility index (Phi) is 9.64. The van der Waals surface area contributed by atoms with Crippen molar-refractivity contribution in [3.05, 3.63) is 42.5 Å². The van der Waals surface area contributed by atoms with Crippen molar-refractivity contribution in [3.8, 4) is 5.75 Å². The van der Waals surface area contributed by atoms with Gasteiger partial charge < -0.3 is 25.2 Å². The summed E-state index contributed by atoms with van der Waals surface area (Å²) in [5, 5.41) is 39.6. The summed E-state index contributed by atoms with van der Waals surface area (Å²) in [6, 6.07) is 9.26. The molecule has 6 atom stereocenters. The first-order valence-electron chi connectivity index (χ1n) is 10.5. The molecule has 0 bridgehead atoms. The summed E-state index contributed by atoms with van der Waals surface area (Å²) >= 11 is 0. The van der Waals surface area contributed by atoms with Crippen molar-refractivity contribution in [1.29, 1.82) is 0 Å². The van der Waals surface area contributed by atoms with Gasteiger partial charge in [0.2, 0.25) is 0 Å². The highest BCUT2D eigenvalue weighted by Crippen LogP contribution is 2.37. The zero-order valence-electron chi connectivity index (χ0n) is 17.1. The molecule has 2 rings (SSSR count). The molecule has 1 aliphatic rings. The summed E-state index contributed by atoms with van der Waals surface area (Å²) in [7, 11) is 0. The highest BCUT2D eigenvalue weighted by molar-refractivity contribution is 5.66. The van der Waals surface area contributed by atoms with Crippen LogP contribution in [-0.2, 0) is 4.79 Å². The topological polar surface area (TPSA) is 107 Å². The fraction of sp³-hybridized carbons (Fsp3) is 0.609. The summed E-state index contributed by atoms with van der Waals surface area (Å²) in [5.41, 5.74) is 0. The van der Waals surface area contributed by atoms with Crippen LogP contribution < -0.4 is 4.74 Å². The number of hydrogen-bond acceptors (Lipinski definition) is 5. The average molecular weight is 407 g/mol. The van der Waals surface area contributed by atoms with Gasteiger partial charge in [-0.15, -0.1) is 0 Å². The number of aliphatic carboxylic acids is 1. The third kappa shape index (κ3) is 8.17. The monoisotopic (exact) mass is 406 g/mol. The van der Waals surface area contributed by atoms with E-state index in [0.29, 0.717) is 24.5 Å². The SMILES string of the molecule is C[C@@H](CCCC(=O)O)CC[C@@H]1[C@@H](/C=C/[C@@H](O)COc2ccccc2)[C@H](O)C[C@@H]1O. The van der Waals surface area contributed by atoms with Crippen LogP contribution >= 0.6 is 0 Å². The van der Waals surface area contributed by atoms with Crippen molar-refractivity contribution in [3.63, 3.8) is 0 Å². The third-order valence-corrected chi connectivity index (χ3v) is 5.72. The lowest BCUT2D eigenvalue weighted by atomic mass is 9.85. The van der Waals surface area contributed by atoms with E-state index in [9.17, 15) is 20.1 Å². The van der Waals surface area contributed by atoms with Crippen molar-refractivity contribution in [2.75, 3.05) is 6.61 Å². The first-order valence-corrected chi connectivity index (χ1v) is 10.5. The lowest BCUT2D eigenvalue weighted by molar-refractivity contribution is -0.137. The van der Waals surface area contributed by atoms with Crippen molar-refractivity contribution in [1.82, 2.24) is 0 Å². The van der Waals surface area contributed by atoms with E-state index in [2.05, 4.69) is 6.92 Å². The molecule has 6 nitrogen and oxygen atoms in total. The van der Waals surface area contributed by atoms with E-state index >= 15 is 0 Å². The minimum absolute atomic E-state index is 0.0644. The van der Waals surface area contributed by atoms with Gasteiger partial charge in [0.05, 0.1) is 12.2 Å². The van der Waals surface area contributed by atoms with Crippen LogP contribution in [0.25, 0.3) is 0 Å². The molecule has 0 aliphatic heterocycles. The predicted molar refractivity (Wildman–Crippen MR) is 111 cm³/mol. The number of aliphatic hydroxyl groups excluding tert-OH is 3. The molecule has 0 saturated heterocycles. The Balaban J connectivity index is 1.81. The van der Waals surface area contributed by atoms with Gasteiger partial charge >= 0.3 is 5.97 Å². The molecule has 1 aromatic rings. The second-order valence-corrected chi connectivity index (χ2v) is 8.16. The van der Waals surface area contributed by atoms with Crippen LogP contribution in [0, 0.1) is 17.8 Å². The fourth-order valence-corrected chi connectivity index (χ4v) is 4.01. The first-order chi connectivity index (χ1) is 13.9. The second-order valence-electron chi connectivity index (χ2n) is 8.16. The zero-order chi connectivity index (χ0) is 21.2. The molecule has 0 radical (unpaired) electrons. The number of benzene rings is 1. The number of carboxylic acid groups (broad SMARTS) is 1. The van der Waals surface area contributed by atoms with Crippen molar-refractivity contribution in [2.24, 2.45) is 17.8 Å². The maximum absolute atomic E-state index is 10.6. The zero-order valence-corrected chi connectivity index (χ0v) is 17.1. The fourth-order valence-electron chi connectivity index (χ4n) is 4.01. The molecule has 6 heteroatoms. The van der Waals surface area contributed by atoms with Crippen LogP contribution in [0.15, 0.2) is 42.5 Å². The molecule has 0 spiro atoms. The molecule has 1 fully saturated rings. The van der Waals surface area contributed by atoms with E-state index in [1.165, 1.54) is 0 Å². The summed E-state index contributed by atoms with van der Waals surface area (Å²) in [6.07, 6.45) is 5.10. The molecule has 0 unspecified atom stereocenters. The van der Waals surface area contributed by atoms with E-state index in [-0.39, 0.29) is 24.9 Å². The maximum atomic E-state index is 10.6. The molecule has 0 amide bonds. The maximum Gasteiger partial charge on any atom is 0.303 e. The third-order valence-electron chi connectivity index (χ3n) is 5.72. The van der Waals surface area contributed by atoms with E-state index < -0.39 is 24.3 Å². The first kappa shape index (κ1) is 23.4. The largest absolute Gasteiger partial charge is 0.491 e. The van der Waals surface area contributed by atoms with Gasteiger partial charge in [-0.3, -0.25) is 4.79 Å². The van der Waals surface area contributed by atoms with Gasteiger partial charge in [-0.2, -0.15) is 0 Å². The van der Waals surface area contributed by atoms with Gasteiger partial charge in [0, 0.05) is 18.8 Å². The number of ether oxygens (including phenoxy) is 1. The Morgan fingerprint density at radius 3 is 2.62 bits per heavy atom. The quantitative estimate of drug-likeness (QED) is 0.398. The van der Waals surface area contributed by atoms with Crippen LogP contribution in [0.1, 0.15) is 45.4 Å². The van der Waals surface area contributed by atoms with Crippen LogP contribution in [0.4, 0.5) is 0 Å². The molecular formula is C23H34O6. The molecule has 1 aromatic carbocycles. The molecule has 0 aromatic heterocycles. The summed E-state index contributed by atoms with van der Waals surface area (Å²) in [5.74, 6) is 0.0133. The number of para-hydroxylation sites is 1. The van der Waals surface area contributed by atoms with Crippen molar-refractivity contribution >= 4 is 5.97 Å². The van der Waals surface area contributed by atoms with Crippen LogP contribution in [0.2, 0.25) is 0 Å². The van der Waals surface area contributed by atoms with Gasteiger partial charge in [0.25, 0.3) is 0 Å². The van der Waals surface area contributed by atoms with Crippen molar-refractivity contribution < 1.29 is 30.0 Å². The lowest BCUT2D eigenvalue weighted by Gasteiger charge is -2.23. The van der Waals surface area contributed by atoms with E-state index in [1.807, 2.05) is 30.3 Å². The Labute approximate surface area is 172 Å². The second kappa shape index (κ2) is 12.0. The highest BCUT2D eigenvalue weighted by atomic mass is 16.5. The minimum Gasteiger partial charge on any atom is -0.491 e. The van der Waals surface area contributed by atoms with Crippen LogP contribution in [0.3, 0.4) is 0 Å².